The Morgan fingerprint density at radius 1 is 0.657 bits per heavy atom. The number of amides is 3. The predicted octanol–water partition coefficient (Wildman–Crippen LogP) is 6.92. The molecular formula is C51H59ClN14O4. The second-order valence-corrected chi connectivity index (χ2v) is 19.0. The number of hydrogen-bond donors (Lipinski definition) is 1. The fraction of sp³-hybridized carbons (Fsp3) is 0.353. The lowest BCUT2D eigenvalue weighted by Crippen LogP contribution is -2.57. The third-order valence-electron chi connectivity index (χ3n) is 12.7. The molecule has 2 aliphatic rings. The van der Waals surface area contributed by atoms with Crippen LogP contribution in [0.25, 0.3) is 55.8 Å². The van der Waals surface area contributed by atoms with Crippen LogP contribution < -0.4 is 5.32 Å². The zero-order valence-electron chi connectivity index (χ0n) is 41.0. The number of rotatable bonds is 8. The summed E-state index contributed by atoms with van der Waals surface area (Å²) in [7, 11) is 3.80. The Balaban J connectivity index is 0.000000189. The van der Waals surface area contributed by atoms with Gasteiger partial charge < -0.3 is 19.9 Å². The maximum atomic E-state index is 13.1. The van der Waals surface area contributed by atoms with Crippen molar-refractivity contribution in [3.63, 3.8) is 0 Å². The molecule has 70 heavy (non-hydrogen) atoms. The van der Waals surface area contributed by atoms with E-state index in [4.69, 9.17) is 4.74 Å². The molecule has 8 aromatic rings. The van der Waals surface area contributed by atoms with Crippen LogP contribution in [-0.2, 0) is 41.5 Å². The Hall–Kier alpha value is -7.44. The molecule has 3 amide bonds. The van der Waals surface area contributed by atoms with Crippen molar-refractivity contribution in [2.24, 2.45) is 14.1 Å². The molecule has 19 heteroatoms. The van der Waals surface area contributed by atoms with Gasteiger partial charge in [-0.1, -0.05) is 24.3 Å². The maximum Gasteiger partial charge on any atom is 0.411 e. The largest absolute Gasteiger partial charge is 0.444 e. The van der Waals surface area contributed by atoms with Gasteiger partial charge in [0, 0.05) is 112 Å². The summed E-state index contributed by atoms with van der Waals surface area (Å²) in [5.41, 5.74) is 13.5. The third kappa shape index (κ3) is 10.3. The van der Waals surface area contributed by atoms with Crippen molar-refractivity contribution < 1.29 is 19.1 Å². The average molecular weight is 968 g/mol. The summed E-state index contributed by atoms with van der Waals surface area (Å²) in [5.74, 6) is 0.0718. The molecule has 0 aliphatic carbocycles. The number of nitrogens with zero attached hydrogens (tertiary/aromatic N) is 13. The second-order valence-electron chi connectivity index (χ2n) is 19.0. The first kappa shape index (κ1) is 49.0. The number of benzene rings is 2. The number of hydrogen-bond acceptors (Lipinski definition) is 11. The van der Waals surface area contributed by atoms with Gasteiger partial charge in [0.15, 0.2) is 0 Å². The number of ether oxygens (including phenoxy) is 1. The quantitative estimate of drug-likeness (QED) is 0.167. The van der Waals surface area contributed by atoms with Crippen LogP contribution in [-0.4, -0.2) is 125 Å². The number of fused-ring (bicyclic) bond motifs is 2. The molecule has 2 unspecified atom stereocenters. The van der Waals surface area contributed by atoms with E-state index in [0.717, 1.165) is 91.1 Å². The first-order valence-corrected chi connectivity index (χ1v) is 23.1. The van der Waals surface area contributed by atoms with E-state index >= 15 is 0 Å². The van der Waals surface area contributed by atoms with Crippen molar-refractivity contribution in [1.29, 1.82) is 0 Å². The van der Waals surface area contributed by atoms with Crippen LogP contribution >= 0.6 is 12.4 Å². The zero-order valence-corrected chi connectivity index (χ0v) is 41.8. The van der Waals surface area contributed by atoms with E-state index in [0.29, 0.717) is 26.2 Å². The van der Waals surface area contributed by atoms with Gasteiger partial charge in [-0.15, -0.1) is 12.4 Å². The molecule has 2 saturated heterocycles. The van der Waals surface area contributed by atoms with Crippen molar-refractivity contribution in [3.05, 3.63) is 121 Å². The van der Waals surface area contributed by atoms with Crippen LogP contribution in [0.4, 0.5) is 4.79 Å². The summed E-state index contributed by atoms with van der Waals surface area (Å²) < 4.78 is 12.7. The van der Waals surface area contributed by atoms with Gasteiger partial charge in [-0.25, -0.2) is 23.8 Å². The normalized spacial score (nSPS) is 16.4. The SMILES string of the molecule is Cc1cc(-c2ncnn3cc(-c4cnn(C)c4)cc23)ccc1CN1CCN(C(=O)OC(C)(C)C)C(C)C1=O.Cc1cc(-c2ncnn3cc(-c4cnn(C)c4)cc23)ccc1CN1CCNC(C)C1=O.Cl. The summed E-state index contributed by atoms with van der Waals surface area (Å²) in [6.45, 7) is 16.8. The van der Waals surface area contributed by atoms with Crippen molar-refractivity contribution in [2.75, 3.05) is 26.2 Å². The third-order valence-corrected chi connectivity index (χ3v) is 12.7. The van der Waals surface area contributed by atoms with Crippen molar-refractivity contribution >= 4 is 41.3 Å². The van der Waals surface area contributed by atoms with Gasteiger partial charge in [0.1, 0.15) is 24.3 Å². The lowest BCUT2D eigenvalue weighted by Gasteiger charge is -2.39. The Kier molecular flexibility index (Phi) is 13.9. The average Bonchev–Trinajstić information content (AvgIpc) is 4.14. The molecule has 6 aromatic heterocycles. The molecule has 2 aliphatic heterocycles. The number of halogens is 1. The Bertz CT molecular complexity index is 3220. The van der Waals surface area contributed by atoms with Crippen LogP contribution in [0.3, 0.4) is 0 Å². The monoisotopic (exact) mass is 966 g/mol. The molecule has 0 saturated carbocycles. The fourth-order valence-electron chi connectivity index (χ4n) is 8.91. The molecule has 1 N–H and O–H groups in total. The smallest absolute Gasteiger partial charge is 0.411 e. The highest BCUT2D eigenvalue weighted by Gasteiger charge is 2.36. The van der Waals surface area contributed by atoms with Crippen LogP contribution in [0, 0.1) is 13.8 Å². The minimum absolute atomic E-state index is 0. The highest BCUT2D eigenvalue weighted by molar-refractivity contribution is 5.87. The molecular weight excluding hydrogens is 908 g/mol. The van der Waals surface area contributed by atoms with Crippen LogP contribution in [0.2, 0.25) is 0 Å². The molecule has 2 aromatic carbocycles. The molecule has 0 bridgehead atoms. The number of aryl methyl sites for hydroxylation is 4. The molecule has 18 nitrogen and oxygen atoms in total. The van der Waals surface area contributed by atoms with E-state index in [9.17, 15) is 14.4 Å². The van der Waals surface area contributed by atoms with E-state index in [1.54, 1.807) is 28.9 Å². The number of carbonyl (C=O) groups is 3. The molecule has 2 atom stereocenters. The zero-order chi connectivity index (χ0) is 48.7. The Morgan fingerprint density at radius 2 is 1.16 bits per heavy atom. The van der Waals surface area contributed by atoms with Gasteiger partial charge in [-0.05, 0) is 95.0 Å². The van der Waals surface area contributed by atoms with E-state index in [-0.39, 0.29) is 30.3 Å². The van der Waals surface area contributed by atoms with Gasteiger partial charge in [0.2, 0.25) is 11.8 Å². The van der Waals surface area contributed by atoms with E-state index < -0.39 is 17.7 Å². The minimum atomic E-state index is -0.605. The van der Waals surface area contributed by atoms with Gasteiger partial charge in [0.05, 0.1) is 40.9 Å². The molecule has 0 spiro atoms. The summed E-state index contributed by atoms with van der Waals surface area (Å²) >= 11 is 0. The van der Waals surface area contributed by atoms with E-state index in [1.807, 2.05) is 117 Å². The number of carbonyl (C=O) groups excluding carboxylic acids is 3. The van der Waals surface area contributed by atoms with Gasteiger partial charge >= 0.3 is 6.09 Å². The van der Waals surface area contributed by atoms with Crippen molar-refractivity contribution in [2.45, 2.75) is 79.2 Å². The van der Waals surface area contributed by atoms with Crippen molar-refractivity contribution in [3.8, 4) is 44.8 Å². The summed E-state index contributed by atoms with van der Waals surface area (Å²) in [6, 6.07) is 16.0. The summed E-state index contributed by atoms with van der Waals surface area (Å²) in [5, 5.41) is 20.5. The number of aromatic nitrogens is 10. The first-order valence-electron chi connectivity index (χ1n) is 23.1. The molecule has 2 fully saturated rings. The second kappa shape index (κ2) is 19.9. The molecule has 0 radical (unpaired) electrons. The first-order chi connectivity index (χ1) is 33.0. The standard InChI is InChI=1S/C28H33N7O3.C23H25N7O.ClH/c1-18-11-20(25-24-12-22(16-35(24)31-17-29-25)23-13-30-32(6)14-23)7-8-21(18)15-33-9-10-34(19(2)26(33)36)27(37)38-28(3,4)5;1-15-8-17(4-5-18(15)12-29-7-6-24-16(2)23(29)31)22-21-9-19(13-30(21)27-14-25-22)20-10-26-28(3)11-20;/h7-8,11-14,16-17,19H,9-10,15H2,1-6H3;4-5,8-11,13-14,16,24H,6-7,12H2,1-3H3;1H. The summed E-state index contributed by atoms with van der Waals surface area (Å²) in [6.07, 6.45) is 14.3. The van der Waals surface area contributed by atoms with Crippen LogP contribution in [0.5, 0.6) is 0 Å². The topological polar surface area (TPSA) is 178 Å². The highest BCUT2D eigenvalue weighted by atomic mass is 35.5. The molecule has 8 heterocycles. The van der Waals surface area contributed by atoms with Crippen molar-refractivity contribution in [1.82, 2.24) is 68.8 Å². The van der Waals surface area contributed by atoms with Crippen LogP contribution in [0.15, 0.2) is 98.4 Å². The lowest BCUT2D eigenvalue weighted by molar-refractivity contribution is -0.141. The van der Waals surface area contributed by atoms with E-state index in [2.05, 4.69) is 79.0 Å². The molecule has 364 valence electrons. The molecule has 10 rings (SSSR count). The highest BCUT2D eigenvalue weighted by Crippen LogP contribution is 2.31. The van der Waals surface area contributed by atoms with Gasteiger partial charge in [-0.2, -0.15) is 20.4 Å². The maximum absolute atomic E-state index is 13.1. The Morgan fingerprint density at radius 3 is 1.61 bits per heavy atom. The fourth-order valence-corrected chi connectivity index (χ4v) is 8.91. The summed E-state index contributed by atoms with van der Waals surface area (Å²) in [4.78, 5) is 52.5. The predicted molar refractivity (Wildman–Crippen MR) is 269 cm³/mol. The minimum Gasteiger partial charge on any atom is -0.444 e. The van der Waals surface area contributed by atoms with Gasteiger partial charge in [-0.3, -0.25) is 23.9 Å². The van der Waals surface area contributed by atoms with Crippen LogP contribution in [0.1, 0.15) is 56.9 Å². The number of nitrogens with one attached hydrogen (secondary N) is 1. The lowest BCUT2D eigenvalue weighted by atomic mass is 10.0. The number of piperazine rings is 2. The Labute approximate surface area is 412 Å². The van der Waals surface area contributed by atoms with E-state index in [1.165, 1.54) is 4.90 Å². The van der Waals surface area contributed by atoms with Gasteiger partial charge in [0.25, 0.3) is 0 Å².